The van der Waals surface area contributed by atoms with Gasteiger partial charge in [0.05, 0.1) is 10.2 Å². The Morgan fingerprint density at radius 3 is 2.74 bits per heavy atom. The summed E-state index contributed by atoms with van der Waals surface area (Å²) in [6, 6.07) is 14.9. The smallest absolute Gasteiger partial charge is 0.264 e. The summed E-state index contributed by atoms with van der Waals surface area (Å²) in [5.74, 6) is 0.645. The molecule has 0 aliphatic carbocycles. The van der Waals surface area contributed by atoms with Crippen molar-refractivity contribution in [2.24, 2.45) is 0 Å². The first-order valence-corrected chi connectivity index (χ1v) is 9.32. The number of amides is 2. The molecule has 1 aromatic heterocycles. The highest BCUT2D eigenvalue weighted by Gasteiger charge is 2.27. The topological polar surface area (TPSA) is 89.6 Å². The minimum absolute atomic E-state index is 0.140. The van der Waals surface area contributed by atoms with Gasteiger partial charge in [0, 0.05) is 13.0 Å². The van der Waals surface area contributed by atoms with Crippen LogP contribution in [0.2, 0.25) is 0 Å². The zero-order chi connectivity index (χ0) is 18.6. The van der Waals surface area contributed by atoms with Crippen LogP contribution < -0.4 is 20.1 Å². The number of hydrogen-bond donors (Lipinski definition) is 2. The van der Waals surface area contributed by atoms with Gasteiger partial charge >= 0.3 is 0 Å². The van der Waals surface area contributed by atoms with E-state index in [1.54, 1.807) is 12.1 Å². The molecular formula is C19H17N3O4S. The second-order valence-corrected chi connectivity index (χ2v) is 6.97. The van der Waals surface area contributed by atoms with Gasteiger partial charge in [-0.2, -0.15) is 0 Å². The maximum atomic E-state index is 12.2. The number of fused-ring (bicyclic) bond motifs is 2. The van der Waals surface area contributed by atoms with Crippen LogP contribution in [0.5, 0.6) is 11.5 Å². The van der Waals surface area contributed by atoms with Gasteiger partial charge in [0.25, 0.3) is 5.91 Å². The van der Waals surface area contributed by atoms with E-state index in [0.717, 1.165) is 10.2 Å². The first-order chi connectivity index (χ1) is 13.2. The third-order valence-electron chi connectivity index (χ3n) is 3.99. The number of para-hydroxylation sites is 3. The van der Waals surface area contributed by atoms with Crippen molar-refractivity contribution >= 4 is 38.5 Å². The van der Waals surface area contributed by atoms with Gasteiger partial charge in [0.15, 0.2) is 16.6 Å². The van der Waals surface area contributed by atoms with E-state index in [1.807, 2.05) is 36.4 Å². The first-order valence-electron chi connectivity index (χ1n) is 8.51. The number of nitrogens with one attached hydrogen (secondary N) is 2. The number of carbonyl (C=O) groups excluding carboxylic acids is 2. The van der Waals surface area contributed by atoms with E-state index in [4.69, 9.17) is 9.47 Å². The van der Waals surface area contributed by atoms with E-state index in [2.05, 4.69) is 15.6 Å². The second kappa shape index (κ2) is 7.63. The number of ether oxygens (including phenoxy) is 2. The van der Waals surface area contributed by atoms with Crippen LogP contribution in [0.1, 0.15) is 6.42 Å². The quantitative estimate of drug-likeness (QED) is 0.707. The summed E-state index contributed by atoms with van der Waals surface area (Å²) in [4.78, 5) is 28.6. The molecule has 1 aliphatic rings. The molecule has 2 heterocycles. The van der Waals surface area contributed by atoms with Crippen LogP contribution in [0.4, 0.5) is 5.13 Å². The van der Waals surface area contributed by atoms with Crippen molar-refractivity contribution in [3.8, 4) is 11.5 Å². The summed E-state index contributed by atoms with van der Waals surface area (Å²) in [6.45, 7) is 0.345. The number of rotatable bonds is 5. The standard InChI is InChI=1S/C19H17N3O4S/c23-17(22-19-21-12-5-1-4-8-16(12)27-19)9-10-20-18(24)15-11-25-13-6-2-3-7-14(13)26-15/h1-8,15H,9-11H2,(H,20,24)(H,21,22,23)/t15-/m1/s1. The summed E-state index contributed by atoms with van der Waals surface area (Å²) in [5.41, 5.74) is 0.848. The van der Waals surface area contributed by atoms with Gasteiger partial charge in [0.1, 0.15) is 6.61 Å². The van der Waals surface area contributed by atoms with E-state index < -0.39 is 6.10 Å². The predicted molar refractivity (Wildman–Crippen MR) is 102 cm³/mol. The van der Waals surface area contributed by atoms with Gasteiger partial charge in [-0.3, -0.25) is 9.59 Å². The Hall–Kier alpha value is -3.13. The molecule has 1 atom stereocenters. The molecule has 1 aliphatic heterocycles. The minimum atomic E-state index is -0.729. The second-order valence-electron chi connectivity index (χ2n) is 5.94. The maximum Gasteiger partial charge on any atom is 0.264 e. The van der Waals surface area contributed by atoms with Crippen LogP contribution in [0.3, 0.4) is 0 Å². The van der Waals surface area contributed by atoms with E-state index >= 15 is 0 Å². The van der Waals surface area contributed by atoms with Crippen LogP contribution >= 0.6 is 11.3 Å². The Morgan fingerprint density at radius 1 is 1.11 bits per heavy atom. The molecule has 4 rings (SSSR count). The molecule has 0 saturated heterocycles. The summed E-state index contributed by atoms with van der Waals surface area (Å²) in [7, 11) is 0. The average Bonchev–Trinajstić information content (AvgIpc) is 3.09. The Bertz CT molecular complexity index is 955. The summed E-state index contributed by atoms with van der Waals surface area (Å²) in [6.07, 6.45) is -0.585. The predicted octanol–water partition coefficient (Wildman–Crippen LogP) is 2.58. The molecule has 0 radical (unpaired) electrons. The lowest BCUT2D eigenvalue weighted by Gasteiger charge is -2.25. The first kappa shape index (κ1) is 17.3. The molecule has 0 fully saturated rings. The molecule has 8 heteroatoms. The zero-order valence-electron chi connectivity index (χ0n) is 14.3. The van der Waals surface area contributed by atoms with Gasteiger partial charge < -0.3 is 20.1 Å². The van der Waals surface area contributed by atoms with Crippen LogP contribution in [0, 0.1) is 0 Å². The molecule has 0 saturated carbocycles. The van der Waals surface area contributed by atoms with Gasteiger partial charge in [0.2, 0.25) is 12.0 Å². The average molecular weight is 383 g/mol. The van der Waals surface area contributed by atoms with Crippen LogP contribution in [0.25, 0.3) is 10.2 Å². The van der Waals surface area contributed by atoms with Crippen molar-refractivity contribution in [1.29, 1.82) is 0 Å². The molecular weight excluding hydrogens is 366 g/mol. The Kier molecular flexibility index (Phi) is 4.88. The number of thiazole rings is 1. The van der Waals surface area contributed by atoms with Crippen LogP contribution in [-0.2, 0) is 9.59 Å². The fourth-order valence-corrected chi connectivity index (χ4v) is 3.55. The van der Waals surface area contributed by atoms with Crippen molar-refractivity contribution < 1.29 is 19.1 Å². The largest absolute Gasteiger partial charge is 0.485 e. The van der Waals surface area contributed by atoms with E-state index in [-0.39, 0.29) is 31.4 Å². The fraction of sp³-hybridized carbons (Fsp3) is 0.211. The molecule has 0 bridgehead atoms. The van der Waals surface area contributed by atoms with Crippen molar-refractivity contribution in [3.05, 3.63) is 48.5 Å². The molecule has 138 valence electrons. The molecule has 3 aromatic rings. The SMILES string of the molecule is O=C(CCNC(=O)[C@H]1COc2ccccc2O1)Nc1nc2ccccc2s1. The lowest BCUT2D eigenvalue weighted by molar-refractivity contribution is -0.130. The van der Waals surface area contributed by atoms with Gasteiger partial charge in [-0.15, -0.1) is 0 Å². The summed E-state index contributed by atoms with van der Waals surface area (Å²) in [5, 5.41) is 6.01. The Morgan fingerprint density at radius 2 is 1.89 bits per heavy atom. The number of anilines is 1. The highest BCUT2D eigenvalue weighted by molar-refractivity contribution is 7.22. The molecule has 7 nitrogen and oxygen atoms in total. The van der Waals surface area contributed by atoms with Gasteiger partial charge in [-0.25, -0.2) is 4.98 Å². The van der Waals surface area contributed by atoms with Gasteiger partial charge in [-0.1, -0.05) is 35.6 Å². The molecule has 2 amide bonds. The zero-order valence-corrected chi connectivity index (χ0v) is 15.1. The lowest BCUT2D eigenvalue weighted by Crippen LogP contribution is -2.44. The minimum Gasteiger partial charge on any atom is -0.485 e. The van der Waals surface area contributed by atoms with Gasteiger partial charge in [-0.05, 0) is 24.3 Å². The third kappa shape index (κ3) is 4.01. The maximum absolute atomic E-state index is 12.2. The molecule has 0 spiro atoms. The van der Waals surface area contributed by atoms with E-state index in [0.29, 0.717) is 16.6 Å². The Labute approximate surface area is 159 Å². The summed E-state index contributed by atoms with van der Waals surface area (Å²) >= 11 is 1.41. The van der Waals surface area contributed by atoms with E-state index in [9.17, 15) is 9.59 Å². The fourth-order valence-electron chi connectivity index (χ4n) is 2.67. The number of nitrogens with zero attached hydrogens (tertiary/aromatic N) is 1. The normalized spacial score (nSPS) is 15.3. The third-order valence-corrected chi connectivity index (χ3v) is 4.94. The van der Waals surface area contributed by atoms with Crippen molar-refractivity contribution in [2.75, 3.05) is 18.5 Å². The number of hydrogen-bond acceptors (Lipinski definition) is 6. The highest BCUT2D eigenvalue weighted by atomic mass is 32.1. The monoisotopic (exact) mass is 383 g/mol. The highest BCUT2D eigenvalue weighted by Crippen LogP contribution is 2.30. The van der Waals surface area contributed by atoms with Crippen molar-refractivity contribution in [2.45, 2.75) is 12.5 Å². The van der Waals surface area contributed by atoms with Crippen LogP contribution in [0.15, 0.2) is 48.5 Å². The number of carbonyl (C=O) groups is 2. The molecule has 27 heavy (non-hydrogen) atoms. The Balaban J connectivity index is 1.24. The van der Waals surface area contributed by atoms with Crippen molar-refractivity contribution in [3.63, 3.8) is 0 Å². The summed E-state index contributed by atoms with van der Waals surface area (Å²) < 4.78 is 12.2. The van der Waals surface area contributed by atoms with Crippen LogP contribution in [-0.4, -0.2) is 36.1 Å². The lowest BCUT2D eigenvalue weighted by atomic mass is 10.2. The number of aromatic nitrogens is 1. The molecule has 2 N–H and O–H groups in total. The number of benzene rings is 2. The molecule has 0 unspecified atom stereocenters. The van der Waals surface area contributed by atoms with Crippen molar-refractivity contribution in [1.82, 2.24) is 10.3 Å². The molecule has 2 aromatic carbocycles. The van der Waals surface area contributed by atoms with E-state index in [1.165, 1.54) is 11.3 Å².